The smallest absolute Gasteiger partial charge is 0.0316 e. The molecule has 0 radical (unpaired) electrons. The lowest BCUT2D eigenvalue weighted by atomic mass is 10.2. The van der Waals surface area contributed by atoms with Crippen LogP contribution in [0.5, 0.6) is 0 Å². The summed E-state index contributed by atoms with van der Waals surface area (Å²) in [6.45, 7) is 23.8. The van der Waals surface area contributed by atoms with Gasteiger partial charge in [0.25, 0.3) is 0 Å². The first-order valence-corrected chi connectivity index (χ1v) is 7.22. The Bertz CT molecular complexity index is 304. The van der Waals surface area contributed by atoms with Gasteiger partial charge in [0, 0.05) is 25.5 Å². The summed E-state index contributed by atoms with van der Waals surface area (Å²) in [5, 5.41) is 3.79. The summed E-state index contributed by atoms with van der Waals surface area (Å²) in [5.41, 5.74) is 8.86. The molecular weight excluding hydrogens is 258 g/mol. The molecule has 0 fully saturated rings. The van der Waals surface area contributed by atoms with Gasteiger partial charge in [-0.25, -0.2) is 0 Å². The van der Waals surface area contributed by atoms with Crippen LogP contribution >= 0.6 is 0 Å². The number of allylic oxidation sites excluding steroid dienone is 3. The predicted octanol–water partition coefficient (Wildman–Crippen LogP) is 5.64. The highest BCUT2D eigenvalue weighted by atomic mass is 15.3. The zero-order valence-electron chi connectivity index (χ0n) is 16.6. The van der Waals surface area contributed by atoms with E-state index in [1.807, 2.05) is 41.5 Å². The minimum atomic E-state index is 1.05. The summed E-state index contributed by atoms with van der Waals surface area (Å²) < 4.78 is 0. The van der Waals surface area contributed by atoms with Crippen LogP contribution in [0.15, 0.2) is 33.4 Å². The van der Waals surface area contributed by atoms with E-state index in [0.717, 1.165) is 11.4 Å². The van der Waals surface area contributed by atoms with Gasteiger partial charge in [0.05, 0.1) is 0 Å². The van der Waals surface area contributed by atoms with Gasteiger partial charge in [0.1, 0.15) is 0 Å². The summed E-state index contributed by atoms with van der Waals surface area (Å²) >= 11 is 0. The fraction of sp³-hybridized carbons (Fsp3) is 0.667. The topological polar surface area (TPSA) is 36.8 Å². The zero-order chi connectivity index (χ0) is 18.0. The molecule has 0 unspecified atom stereocenters. The second-order valence-corrected chi connectivity index (χ2v) is 5.66. The van der Waals surface area contributed by atoms with Gasteiger partial charge in [-0.3, -0.25) is 4.99 Å². The monoisotopic (exact) mass is 297 g/mol. The van der Waals surface area contributed by atoms with E-state index in [-0.39, 0.29) is 0 Å². The first-order chi connectivity index (χ1) is 9.41. The van der Waals surface area contributed by atoms with E-state index in [9.17, 15) is 0 Å². The average Bonchev–Trinajstić information content (AvgIpc) is 2.29. The zero-order valence-corrected chi connectivity index (χ0v) is 16.6. The summed E-state index contributed by atoms with van der Waals surface area (Å²) in [7, 11) is 3.57. The molecule has 0 aliphatic carbocycles. The average molecular weight is 298 g/mol. The Morgan fingerprint density at radius 2 is 0.952 bits per heavy atom. The molecule has 0 saturated heterocycles. The lowest BCUT2D eigenvalue weighted by Gasteiger charge is -1.88. The SMILES string of the molecule is C=C(C)C.CC(C)=C(C)C.CN=C(C)C.CNN=C(C)C. The largest absolute Gasteiger partial charge is 0.313 e. The van der Waals surface area contributed by atoms with Crippen LogP contribution < -0.4 is 5.43 Å². The van der Waals surface area contributed by atoms with E-state index in [1.165, 1.54) is 16.7 Å². The number of nitrogens with one attached hydrogen (secondary N) is 1. The highest BCUT2D eigenvalue weighted by Gasteiger charge is 1.75. The molecule has 3 heteroatoms. The maximum Gasteiger partial charge on any atom is 0.0316 e. The van der Waals surface area contributed by atoms with Crippen LogP contribution in [0.1, 0.15) is 69.2 Å². The summed E-state index contributed by atoms with van der Waals surface area (Å²) in [4.78, 5) is 3.81. The first kappa shape index (κ1) is 27.9. The lowest BCUT2D eigenvalue weighted by Crippen LogP contribution is -1.96. The van der Waals surface area contributed by atoms with Gasteiger partial charge in [-0.2, -0.15) is 5.10 Å². The molecule has 0 amide bonds. The minimum Gasteiger partial charge on any atom is -0.313 e. The van der Waals surface area contributed by atoms with E-state index in [0.29, 0.717) is 0 Å². The van der Waals surface area contributed by atoms with Crippen LogP contribution in [-0.2, 0) is 0 Å². The lowest BCUT2D eigenvalue weighted by molar-refractivity contribution is 0.898. The van der Waals surface area contributed by atoms with E-state index >= 15 is 0 Å². The highest BCUT2D eigenvalue weighted by Crippen LogP contribution is 1.97. The molecule has 0 spiro atoms. The minimum absolute atomic E-state index is 1.05. The molecule has 3 nitrogen and oxygen atoms in total. The molecule has 0 heterocycles. The second kappa shape index (κ2) is 20.9. The van der Waals surface area contributed by atoms with Gasteiger partial charge < -0.3 is 5.43 Å². The van der Waals surface area contributed by atoms with Crippen molar-refractivity contribution in [2.24, 2.45) is 10.1 Å². The molecule has 0 atom stereocenters. The van der Waals surface area contributed by atoms with Gasteiger partial charge in [-0.1, -0.05) is 16.7 Å². The van der Waals surface area contributed by atoms with Crippen molar-refractivity contribution in [1.82, 2.24) is 5.43 Å². The first-order valence-electron chi connectivity index (χ1n) is 7.22. The van der Waals surface area contributed by atoms with E-state index in [4.69, 9.17) is 0 Å². The van der Waals surface area contributed by atoms with Crippen molar-refractivity contribution in [2.75, 3.05) is 14.1 Å². The molecule has 1 N–H and O–H groups in total. The molecule has 0 aromatic carbocycles. The van der Waals surface area contributed by atoms with E-state index in [2.05, 4.69) is 49.8 Å². The van der Waals surface area contributed by atoms with Gasteiger partial charge in [0.15, 0.2) is 0 Å². The van der Waals surface area contributed by atoms with Crippen LogP contribution in [0, 0.1) is 0 Å². The third kappa shape index (κ3) is 88.6. The van der Waals surface area contributed by atoms with Crippen molar-refractivity contribution in [3.8, 4) is 0 Å². The Hall–Kier alpha value is -1.38. The summed E-state index contributed by atoms with van der Waals surface area (Å²) in [6.07, 6.45) is 0. The molecule has 126 valence electrons. The molecule has 0 aliphatic heterocycles. The molecule has 0 aromatic heterocycles. The number of nitrogens with zero attached hydrogens (tertiary/aromatic N) is 2. The third-order valence-corrected chi connectivity index (χ3v) is 1.78. The predicted molar refractivity (Wildman–Crippen MR) is 103 cm³/mol. The summed E-state index contributed by atoms with van der Waals surface area (Å²) in [6, 6.07) is 0. The molecule has 0 saturated carbocycles. The standard InChI is InChI=1S/C6H12.C4H10N2.C4H9N.C4H8/c1-5(2)6(3)4;1-4(2)6-5-3;1-4(2)5-3;1-4(2)3/h1-4H3;5H,1-3H3;1-3H3;1H2,2-3H3. The van der Waals surface area contributed by atoms with Crippen molar-refractivity contribution in [3.63, 3.8) is 0 Å². The molecule has 0 bridgehead atoms. The molecule has 21 heavy (non-hydrogen) atoms. The van der Waals surface area contributed by atoms with Crippen molar-refractivity contribution in [3.05, 3.63) is 23.3 Å². The van der Waals surface area contributed by atoms with Crippen LogP contribution in [0.3, 0.4) is 0 Å². The fourth-order valence-corrected chi connectivity index (χ4v) is 0.224. The number of hydrazone groups is 1. The Balaban J connectivity index is -0.0000000929. The van der Waals surface area contributed by atoms with Gasteiger partial charge in [0.2, 0.25) is 0 Å². The molecule has 0 rings (SSSR count). The second-order valence-electron chi connectivity index (χ2n) is 5.66. The van der Waals surface area contributed by atoms with Gasteiger partial charge in [-0.15, -0.1) is 6.58 Å². The van der Waals surface area contributed by atoms with Crippen molar-refractivity contribution >= 4 is 11.4 Å². The Labute approximate surface area is 134 Å². The molecule has 0 aliphatic rings. The van der Waals surface area contributed by atoms with Crippen LogP contribution in [-0.4, -0.2) is 25.5 Å². The van der Waals surface area contributed by atoms with Gasteiger partial charge in [-0.05, 0) is 69.2 Å². The number of hydrogen-bond acceptors (Lipinski definition) is 3. The summed E-state index contributed by atoms with van der Waals surface area (Å²) in [5.74, 6) is 0. The molecule has 0 aromatic rings. The van der Waals surface area contributed by atoms with Crippen molar-refractivity contribution in [2.45, 2.75) is 69.2 Å². The number of rotatable bonds is 1. The maximum absolute atomic E-state index is 3.81. The van der Waals surface area contributed by atoms with Crippen molar-refractivity contribution in [1.29, 1.82) is 0 Å². The quantitative estimate of drug-likeness (QED) is 0.379. The molecular formula is C18H39N3. The normalized spacial score (nSPS) is 7.24. The van der Waals surface area contributed by atoms with Crippen LogP contribution in [0.25, 0.3) is 0 Å². The Kier molecular flexibility index (Phi) is 27.8. The number of hydrogen-bond donors (Lipinski definition) is 1. The van der Waals surface area contributed by atoms with Gasteiger partial charge >= 0.3 is 0 Å². The third-order valence-electron chi connectivity index (χ3n) is 1.78. The highest BCUT2D eigenvalue weighted by molar-refractivity contribution is 5.79. The van der Waals surface area contributed by atoms with Crippen molar-refractivity contribution < 1.29 is 0 Å². The Morgan fingerprint density at radius 3 is 0.952 bits per heavy atom. The Morgan fingerprint density at radius 1 is 0.714 bits per heavy atom. The maximum atomic E-state index is 3.81. The van der Waals surface area contributed by atoms with E-state index < -0.39 is 0 Å². The fourth-order valence-electron chi connectivity index (χ4n) is 0.224. The van der Waals surface area contributed by atoms with E-state index in [1.54, 1.807) is 14.1 Å². The van der Waals surface area contributed by atoms with Crippen LogP contribution in [0.4, 0.5) is 0 Å². The number of aliphatic imine (C=N–C) groups is 1. The van der Waals surface area contributed by atoms with Crippen LogP contribution in [0.2, 0.25) is 0 Å².